The molecule has 126 valence electrons. The largest absolute Gasteiger partial charge is 0.468 e. The lowest BCUT2D eigenvalue weighted by Gasteiger charge is -2.12. The third-order valence-electron chi connectivity index (χ3n) is 3.36. The first kappa shape index (κ1) is 17.0. The number of carbonyl (C=O) groups is 2. The standard InChI is InChI=1S/C14H16F3N3O3/c1-20-7-10(5-12(20)21)13(22)19-6-9-2-3-18-11(4-9)23-8-14(15,16)17/h2-4,10H,5-8H2,1H3,(H,19,22). The first-order chi connectivity index (χ1) is 10.7. The normalized spacial score (nSPS) is 18.2. The third kappa shape index (κ3) is 5.11. The zero-order chi connectivity index (χ0) is 17.0. The average molecular weight is 331 g/mol. The molecule has 0 spiro atoms. The molecule has 0 aliphatic carbocycles. The fourth-order valence-corrected chi connectivity index (χ4v) is 2.17. The summed E-state index contributed by atoms with van der Waals surface area (Å²) in [6.45, 7) is -0.939. The van der Waals surface area contributed by atoms with Crippen LogP contribution in [0.25, 0.3) is 0 Å². The molecule has 9 heteroatoms. The zero-order valence-electron chi connectivity index (χ0n) is 12.4. The van der Waals surface area contributed by atoms with Crippen molar-refractivity contribution in [3.63, 3.8) is 0 Å². The average Bonchev–Trinajstić information content (AvgIpc) is 2.82. The number of nitrogens with one attached hydrogen (secondary N) is 1. The van der Waals surface area contributed by atoms with E-state index >= 15 is 0 Å². The number of hydrogen-bond acceptors (Lipinski definition) is 4. The summed E-state index contributed by atoms with van der Waals surface area (Å²) in [4.78, 5) is 28.5. The van der Waals surface area contributed by atoms with Crippen LogP contribution in [0.5, 0.6) is 5.88 Å². The summed E-state index contributed by atoms with van der Waals surface area (Å²) in [6, 6.07) is 2.89. The lowest BCUT2D eigenvalue weighted by Crippen LogP contribution is -2.31. The van der Waals surface area contributed by atoms with E-state index in [1.165, 1.54) is 17.2 Å². The Kier molecular flexibility index (Phi) is 5.07. The number of aromatic nitrogens is 1. The SMILES string of the molecule is CN1CC(C(=O)NCc2ccnc(OCC(F)(F)F)c2)CC1=O. The van der Waals surface area contributed by atoms with Gasteiger partial charge in [0.25, 0.3) is 0 Å². The Morgan fingerprint density at radius 1 is 1.52 bits per heavy atom. The number of ether oxygens (including phenoxy) is 1. The van der Waals surface area contributed by atoms with E-state index < -0.39 is 18.7 Å². The van der Waals surface area contributed by atoms with Gasteiger partial charge in [0.1, 0.15) is 0 Å². The topological polar surface area (TPSA) is 71.5 Å². The molecule has 0 saturated carbocycles. The fourth-order valence-electron chi connectivity index (χ4n) is 2.17. The highest BCUT2D eigenvalue weighted by Crippen LogP contribution is 2.18. The van der Waals surface area contributed by atoms with Crippen LogP contribution in [-0.2, 0) is 16.1 Å². The van der Waals surface area contributed by atoms with Gasteiger partial charge in [-0.3, -0.25) is 9.59 Å². The van der Waals surface area contributed by atoms with Crippen LogP contribution in [0.2, 0.25) is 0 Å². The molecule has 0 bridgehead atoms. The molecule has 1 atom stereocenters. The van der Waals surface area contributed by atoms with E-state index in [2.05, 4.69) is 15.0 Å². The second kappa shape index (κ2) is 6.84. The number of amides is 2. The maximum absolute atomic E-state index is 12.1. The van der Waals surface area contributed by atoms with E-state index in [1.54, 1.807) is 13.1 Å². The van der Waals surface area contributed by atoms with E-state index in [0.29, 0.717) is 12.1 Å². The molecule has 0 radical (unpaired) electrons. The Morgan fingerprint density at radius 3 is 2.87 bits per heavy atom. The Bertz CT molecular complexity index is 592. The van der Waals surface area contributed by atoms with E-state index in [-0.39, 0.29) is 30.7 Å². The number of hydrogen-bond donors (Lipinski definition) is 1. The summed E-state index contributed by atoms with van der Waals surface area (Å²) in [6.07, 6.45) is -2.97. The molecule has 1 aliphatic heterocycles. The molecular formula is C14H16F3N3O3. The molecule has 1 fully saturated rings. The monoisotopic (exact) mass is 331 g/mol. The van der Waals surface area contributed by atoms with E-state index in [9.17, 15) is 22.8 Å². The van der Waals surface area contributed by atoms with Gasteiger partial charge in [0, 0.05) is 38.8 Å². The van der Waals surface area contributed by atoms with Gasteiger partial charge in [-0.05, 0) is 11.6 Å². The van der Waals surface area contributed by atoms with E-state index in [1.807, 2.05) is 0 Å². The quantitative estimate of drug-likeness (QED) is 0.878. The van der Waals surface area contributed by atoms with Crippen molar-refractivity contribution in [1.29, 1.82) is 0 Å². The maximum atomic E-state index is 12.1. The minimum atomic E-state index is -4.44. The van der Waals surface area contributed by atoms with Crippen molar-refractivity contribution in [2.75, 3.05) is 20.2 Å². The number of nitrogens with zero attached hydrogens (tertiary/aromatic N) is 2. The number of alkyl halides is 3. The lowest BCUT2D eigenvalue weighted by atomic mass is 10.1. The predicted molar refractivity (Wildman–Crippen MR) is 73.4 cm³/mol. The second-order valence-corrected chi connectivity index (χ2v) is 5.30. The number of pyridine rings is 1. The molecule has 1 N–H and O–H groups in total. The van der Waals surface area contributed by atoms with Crippen molar-refractivity contribution in [3.05, 3.63) is 23.9 Å². The van der Waals surface area contributed by atoms with Gasteiger partial charge in [-0.15, -0.1) is 0 Å². The highest BCUT2D eigenvalue weighted by molar-refractivity contribution is 5.89. The van der Waals surface area contributed by atoms with Gasteiger partial charge in [0.15, 0.2) is 6.61 Å². The molecule has 1 aromatic heterocycles. The van der Waals surface area contributed by atoms with Gasteiger partial charge < -0.3 is 15.0 Å². The molecule has 23 heavy (non-hydrogen) atoms. The molecule has 1 saturated heterocycles. The first-order valence-electron chi connectivity index (χ1n) is 6.91. The molecule has 1 aromatic rings. The predicted octanol–water partition coefficient (Wildman–Crippen LogP) is 1.12. The van der Waals surface area contributed by atoms with Crippen molar-refractivity contribution < 1.29 is 27.5 Å². The number of halogens is 3. The van der Waals surface area contributed by atoms with Gasteiger partial charge in [-0.25, -0.2) is 4.98 Å². The summed E-state index contributed by atoms with van der Waals surface area (Å²) >= 11 is 0. The smallest absolute Gasteiger partial charge is 0.422 e. The lowest BCUT2D eigenvalue weighted by molar-refractivity contribution is -0.154. The second-order valence-electron chi connectivity index (χ2n) is 5.30. The molecule has 1 aliphatic rings. The number of likely N-dealkylation sites (tertiary alicyclic amines) is 1. The first-order valence-corrected chi connectivity index (χ1v) is 6.91. The highest BCUT2D eigenvalue weighted by Gasteiger charge is 2.32. The van der Waals surface area contributed by atoms with Crippen molar-refractivity contribution >= 4 is 11.8 Å². The van der Waals surface area contributed by atoms with Crippen molar-refractivity contribution in [2.24, 2.45) is 5.92 Å². The molecule has 0 aromatic carbocycles. The van der Waals surface area contributed by atoms with Crippen molar-refractivity contribution in [2.45, 2.75) is 19.1 Å². The summed E-state index contributed by atoms with van der Waals surface area (Å²) < 4.78 is 40.8. The van der Waals surface area contributed by atoms with Crippen LogP contribution < -0.4 is 10.1 Å². The van der Waals surface area contributed by atoms with Gasteiger partial charge in [0.2, 0.25) is 17.7 Å². The van der Waals surface area contributed by atoms with Crippen LogP contribution in [-0.4, -0.2) is 48.1 Å². The van der Waals surface area contributed by atoms with Crippen molar-refractivity contribution in [1.82, 2.24) is 15.2 Å². The van der Waals surface area contributed by atoms with Gasteiger partial charge in [-0.2, -0.15) is 13.2 Å². The van der Waals surface area contributed by atoms with Crippen LogP contribution in [0.3, 0.4) is 0 Å². The number of carbonyl (C=O) groups excluding carboxylic acids is 2. The molecule has 2 heterocycles. The molecule has 2 amide bonds. The summed E-state index contributed by atoms with van der Waals surface area (Å²) in [7, 11) is 1.63. The minimum Gasteiger partial charge on any atom is -0.468 e. The summed E-state index contributed by atoms with van der Waals surface area (Å²) in [5.74, 6) is -0.922. The van der Waals surface area contributed by atoms with Crippen LogP contribution in [0.15, 0.2) is 18.3 Å². The zero-order valence-corrected chi connectivity index (χ0v) is 12.4. The van der Waals surface area contributed by atoms with E-state index in [4.69, 9.17) is 0 Å². The fraction of sp³-hybridized carbons (Fsp3) is 0.500. The maximum Gasteiger partial charge on any atom is 0.422 e. The van der Waals surface area contributed by atoms with Gasteiger partial charge in [-0.1, -0.05) is 0 Å². The molecular weight excluding hydrogens is 315 g/mol. The Labute approximate surface area is 130 Å². The minimum absolute atomic E-state index is 0.0862. The molecule has 2 rings (SSSR count). The molecule has 1 unspecified atom stereocenters. The van der Waals surface area contributed by atoms with Crippen molar-refractivity contribution in [3.8, 4) is 5.88 Å². The summed E-state index contributed by atoms with van der Waals surface area (Å²) in [5.41, 5.74) is 0.559. The number of rotatable bonds is 5. The Morgan fingerprint density at radius 2 is 2.26 bits per heavy atom. The Balaban J connectivity index is 1.86. The van der Waals surface area contributed by atoms with Crippen LogP contribution in [0, 0.1) is 5.92 Å². The third-order valence-corrected chi connectivity index (χ3v) is 3.36. The van der Waals surface area contributed by atoms with Crippen LogP contribution in [0.4, 0.5) is 13.2 Å². The highest BCUT2D eigenvalue weighted by atomic mass is 19.4. The van der Waals surface area contributed by atoms with Crippen LogP contribution in [0.1, 0.15) is 12.0 Å². The van der Waals surface area contributed by atoms with Crippen LogP contribution >= 0.6 is 0 Å². The van der Waals surface area contributed by atoms with E-state index in [0.717, 1.165) is 0 Å². The summed E-state index contributed by atoms with van der Waals surface area (Å²) in [5, 5.41) is 2.66. The van der Waals surface area contributed by atoms with Gasteiger partial charge >= 0.3 is 6.18 Å². The Hall–Kier alpha value is -2.32. The molecule has 6 nitrogen and oxygen atoms in total. The van der Waals surface area contributed by atoms with Gasteiger partial charge in [0.05, 0.1) is 5.92 Å².